The van der Waals surface area contributed by atoms with Gasteiger partial charge in [-0.25, -0.2) is 9.97 Å². The van der Waals surface area contributed by atoms with Crippen LogP contribution < -0.4 is 0 Å². The van der Waals surface area contributed by atoms with E-state index in [4.69, 9.17) is 9.97 Å². The van der Waals surface area contributed by atoms with Gasteiger partial charge in [0.2, 0.25) is 0 Å². The van der Waals surface area contributed by atoms with Crippen molar-refractivity contribution in [2.45, 2.75) is 66.2 Å². The number of fused-ring (bicyclic) bond motifs is 1. The van der Waals surface area contributed by atoms with E-state index in [0.29, 0.717) is 0 Å². The molecule has 0 atom stereocenters. The number of aromatic nitrogens is 2. The van der Waals surface area contributed by atoms with Gasteiger partial charge in [0.25, 0.3) is 0 Å². The van der Waals surface area contributed by atoms with Crippen molar-refractivity contribution in [2.75, 3.05) is 0 Å². The molecular formula is C18H26N2. The molecule has 0 amide bonds. The first-order valence-corrected chi connectivity index (χ1v) is 7.93. The lowest BCUT2D eigenvalue weighted by atomic mass is 10.0. The minimum Gasteiger partial charge on any atom is -0.249 e. The lowest BCUT2D eigenvalue weighted by Crippen LogP contribution is -2.04. The Kier molecular flexibility index (Phi) is 5.11. The molecule has 0 unspecified atom stereocenters. The summed E-state index contributed by atoms with van der Waals surface area (Å²) in [5.41, 5.74) is 7.10. The third-order valence-corrected chi connectivity index (χ3v) is 3.92. The Hall–Kier alpha value is -1.44. The molecule has 108 valence electrons. The monoisotopic (exact) mass is 270 g/mol. The van der Waals surface area contributed by atoms with Gasteiger partial charge in [-0.3, -0.25) is 0 Å². The van der Waals surface area contributed by atoms with E-state index in [0.717, 1.165) is 23.9 Å². The standard InChI is InChI=1S/C18H26N2/c1-5-7-9-15-16(10-8-6-2)20-18-14(4)12-11-13(3)17(18)19-15/h11-12H,5-10H2,1-4H3. The molecule has 0 N–H and O–H groups in total. The Morgan fingerprint density at radius 3 is 1.50 bits per heavy atom. The average Bonchev–Trinajstić information content (AvgIpc) is 2.46. The molecule has 2 rings (SSSR count). The van der Waals surface area contributed by atoms with Gasteiger partial charge >= 0.3 is 0 Å². The highest BCUT2D eigenvalue weighted by molar-refractivity contribution is 5.81. The maximum Gasteiger partial charge on any atom is 0.0922 e. The molecule has 2 aromatic rings. The maximum atomic E-state index is 4.96. The van der Waals surface area contributed by atoms with Gasteiger partial charge in [0.15, 0.2) is 0 Å². The molecule has 2 nitrogen and oxygen atoms in total. The highest BCUT2D eigenvalue weighted by Crippen LogP contribution is 2.22. The fourth-order valence-electron chi connectivity index (χ4n) is 2.55. The summed E-state index contributed by atoms with van der Waals surface area (Å²) < 4.78 is 0. The van der Waals surface area contributed by atoms with Gasteiger partial charge < -0.3 is 0 Å². The Bertz CT molecular complexity index is 535. The molecule has 0 saturated heterocycles. The lowest BCUT2D eigenvalue weighted by molar-refractivity contribution is 0.728. The van der Waals surface area contributed by atoms with Crippen molar-refractivity contribution >= 4 is 11.0 Å². The molecule has 0 bridgehead atoms. The zero-order chi connectivity index (χ0) is 14.5. The quantitative estimate of drug-likeness (QED) is 0.743. The van der Waals surface area contributed by atoms with E-state index in [2.05, 4.69) is 39.8 Å². The second kappa shape index (κ2) is 6.83. The second-order valence-corrected chi connectivity index (χ2v) is 5.72. The van der Waals surface area contributed by atoms with Crippen LogP contribution in [0.25, 0.3) is 11.0 Å². The van der Waals surface area contributed by atoms with E-state index in [9.17, 15) is 0 Å². The van der Waals surface area contributed by atoms with Crippen LogP contribution in [0.2, 0.25) is 0 Å². The molecule has 0 aliphatic rings. The smallest absolute Gasteiger partial charge is 0.0922 e. The molecule has 0 aliphatic carbocycles. The number of unbranched alkanes of at least 4 members (excludes halogenated alkanes) is 2. The first kappa shape index (κ1) is 15.0. The van der Waals surface area contributed by atoms with Gasteiger partial charge in [0.05, 0.1) is 22.4 Å². The fourth-order valence-corrected chi connectivity index (χ4v) is 2.55. The molecule has 1 aromatic heterocycles. The van der Waals surface area contributed by atoms with Gasteiger partial charge in [0, 0.05) is 0 Å². The molecule has 2 heteroatoms. The predicted octanol–water partition coefficient (Wildman–Crippen LogP) is 4.93. The minimum atomic E-state index is 1.06. The topological polar surface area (TPSA) is 25.8 Å². The minimum absolute atomic E-state index is 1.06. The van der Waals surface area contributed by atoms with Crippen LogP contribution in [0, 0.1) is 13.8 Å². The van der Waals surface area contributed by atoms with Gasteiger partial charge in [0.1, 0.15) is 0 Å². The highest BCUT2D eigenvalue weighted by atomic mass is 14.8. The molecule has 20 heavy (non-hydrogen) atoms. The van der Waals surface area contributed by atoms with Gasteiger partial charge in [-0.1, -0.05) is 38.8 Å². The van der Waals surface area contributed by atoms with Crippen LogP contribution in [0.3, 0.4) is 0 Å². The third kappa shape index (κ3) is 3.17. The van der Waals surface area contributed by atoms with Crippen molar-refractivity contribution in [1.82, 2.24) is 9.97 Å². The summed E-state index contributed by atoms with van der Waals surface area (Å²) in [6, 6.07) is 4.31. The Labute approximate surface area is 122 Å². The number of hydrogen-bond donors (Lipinski definition) is 0. The molecular weight excluding hydrogens is 244 g/mol. The SMILES string of the molecule is CCCCc1nc2c(C)ccc(C)c2nc1CCCC. The van der Waals surface area contributed by atoms with Crippen LogP contribution in [0.4, 0.5) is 0 Å². The highest BCUT2D eigenvalue weighted by Gasteiger charge is 2.11. The summed E-state index contributed by atoms with van der Waals surface area (Å²) in [4.78, 5) is 9.93. The molecule has 0 fully saturated rings. The summed E-state index contributed by atoms with van der Waals surface area (Å²) >= 11 is 0. The molecule has 0 saturated carbocycles. The van der Waals surface area contributed by atoms with Crippen LogP contribution in [0.5, 0.6) is 0 Å². The molecule has 0 radical (unpaired) electrons. The van der Waals surface area contributed by atoms with Crippen LogP contribution in [-0.4, -0.2) is 9.97 Å². The lowest BCUT2D eigenvalue weighted by Gasteiger charge is -2.12. The number of rotatable bonds is 6. The van der Waals surface area contributed by atoms with E-state index < -0.39 is 0 Å². The van der Waals surface area contributed by atoms with Crippen LogP contribution in [0.1, 0.15) is 62.0 Å². The Balaban J connectivity index is 2.52. The number of nitrogens with zero attached hydrogens (tertiary/aromatic N) is 2. The number of benzene rings is 1. The third-order valence-electron chi connectivity index (χ3n) is 3.92. The first-order valence-electron chi connectivity index (χ1n) is 7.93. The van der Waals surface area contributed by atoms with Crippen molar-refractivity contribution in [1.29, 1.82) is 0 Å². The predicted molar refractivity (Wildman–Crippen MR) is 86.2 cm³/mol. The molecule has 1 heterocycles. The van der Waals surface area contributed by atoms with Crippen molar-refractivity contribution in [3.8, 4) is 0 Å². The van der Waals surface area contributed by atoms with E-state index >= 15 is 0 Å². The van der Waals surface area contributed by atoms with E-state index in [1.807, 2.05) is 0 Å². The maximum absolute atomic E-state index is 4.96. The second-order valence-electron chi connectivity index (χ2n) is 5.72. The summed E-state index contributed by atoms with van der Waals surface area (Å²) in [7, 11) is 0. The normalized spacial score (nSPS) is 11.2. The fraction of sp³-hybridized carbons (Fsp3) is 0.556. The number of hydrogen-bond acceptors (Lipinski definition) is 2. The summed E-state index contributed by atoms with van der Waals surface area (Å²) in [6.07, 6.45) is 6.94. The summed E-state index contributed by atoms with van der Waals surface area (Å²) in [6.45, 7) is 8.72. The zero-order valence-corrected chi connectivity index (χ0v) is 13.3. The zero-order valence-electron chi connectivity index (χ0n) is 13.3. The number of aryl methyl sites for hydroxylation is 4. The van der Waals surface area contributed by atoms with Crippen LogP contribution >= 0.6 is 0 Å². The van der Waals surface area contributed by atoms with E-state index in [1.165, 1.54) is 48.2 Å². The Morgan fingerprint density at radius 2 is 1.15 bits per heavy atom. The van der Waals surface area contributed by atoms with Crippen molar-refractivity contribution < 1.29 is 0 Å². The van der Waals surface area contributed by atoms with E-state index in [-0.39, 0.29) is 0 Å². The van der Waals surface area contributed by atoms with E-state index in [1.54, 1.807) is 0 Å². The largest absolute Gasteiger partial charge is 0.249 e. The van der Waals surface area contributed by atoms with Crippen LogP contribution in [-0.2, 0) is 12.8 Å². The van der Waals surface area contributed by atoms with Gasteiger partial charge in [-0.2, -0.15) is 0 Å². The van der Waals surface area contributed by atoms with Gasteiger partial charge in [-0.05, 0) is 50.7 Å². The van der Waals surface area contributed by atoms with Crippen molar-refractivity contribution in [3.63, 3.8) is 0 Å². The summed E-state index contributed by atoms with van der Waals surface area (Å²) in [5.74, 6) is 0. The first-order chi connectivity index (χ1) is 9.67. The van der Waals surface area contributed by atoms with Crippen molar-refractivity contribution in [3.05, 3.63) is 34.6 Å². The summed E-state index contributed by atoms with van der Waals surface area (Å²) in [5, 5.41) is 0. The molecule has 1 aromatic carbocycles. The average molecular weight is 270 g/mol. The molecule has 0 aliphatic heterocycles. The Morgan fingerprint density at radius 1 is 0.750 bits per heavy atom. The molecule has 0 spiro atoms. The van der Waals surface area contributed by atoms with Gasteiger partial charge in [-0.15, -0.1) is 0 Å². The van der Waals surface area contributed by atoms with Crippen LogP contribution in [0.15, 0.2) is 12.1 Å². The van der Waals surface area contributed by atoms with Crippen molar-refractivity contribution in [2.24, 2.45) is 0 Å².